The molecule has 1 unspecified atom stereocenters. The van der Waals surface area contributed by atoms with Crippen LogP contribution in [-0.4, -0.2) is 26.5 Å². The second-order valence-electron chi connectivity index (χ2n) is 7.34. The zero-order valence-corrected chi connectivity index (χ0v) is 16.5. The first-order chi connectivity index (χ1) is 15.0. The fraction of sp³-hybridized carbons (Fsp3) is 0.0870. The predicted molar refractivity (Wildman–Crippen MR) is 118 cm³/mol. The molecule has 1 aromatic heterocycles. The summed E-state index contributed by atoms with van der Waals surface area (Å²) in [4.78, 5) is 36.2. The SMILES string of the molecule is Cc1nc2ccc(N=C(c3ccccc3)C3C(=O)Nc4ccc([N+](=O)[O-])cc43)cc2[nH]1. The van der Waals surface area contributed by atoms with Gasteiger partial charge in [0.1, 0.15) is 11.7 Å². The molecule has 0 bridgehead atoms. The molecule has 1 atom stereocenters. The average molecular weight is 411 g/mol. The van der Waals surface area contributed by atoms with Crippen LogP contribution >= 0.6 is 0 Å². The molecule has 0 saturated heterocycles. The first kappa shape index (κ1) is 18.7. The van der Waals surface area contributed by atoms with E-state index in [1.807, 2.05) is 55.5 Å². The summed E-state index contributed by atoms with van der Waals surface area (Å²) in [6.45, 7) is 1.88. The molecule has 1 aliphatic rings. The number of amides is 1. The van der Waals surface area contributed by atoms with Gasteiger partial charge in [0, 0.05) is 23.4 Å². The van der Waals surface area contributed by atoms with Crippen molar-refractivity contribution in [1.82, 2.24) is 9.97 Å². The molecule has 2 N–H and O–H groups in total. The van der Waals surface area contributed by atoms with Crippen molar-refractivity contribution in [2.75, 3.05) is 5.32 Å². The molecule has 0 radical (unpaired) electrons. The van der Waals surface area contributed by atoms with Crippen molar-refractivity contribution in [2.24, 2.45) is 4.99 Å². The van der Waals surface area contributed by atoms with Crippen LogP contribution in [0.5, 0.6) is 0 Å². The maximum absolute atomic E-state index is 13.0. The van der Waals surface area contributed by atoms with E-state index in [0.717, 1.165) is 22.4 Å². The highest BCUT2D eigenvalue weighted by atomic mass is 16.6. The largest absolute Gasteiger partial charge is 0.342 e. The minimum Gasteiger partial charge on any atom is -0.342 e. The summed E-state index contributed by atoms with van der Waals surface area (Å²) in [7, 11) is 0. The van der Waals surface area contributed by atoms with Gasteiger partial charge in [-0.2, -0.15) is 0 Å². The Kier molecular flexibility index (Phi) is 4.32. The quantitative estimate of drug-likeness (QED) is 0.289. The molecule has 1 aliphatic heterocycles. The van der Waals surface area contributed by atoms with Gasteiger partial charge in [-0.05, 0) is 36.8 Å². The molecular weight excluding hydrogens is 394 g/mol. The van der Waals surface area contributed by atoms with Gasteiger partial charge in [0.15, 0.2) is 0 Å². The topological polar surface area (TPSA) is 113 Å². The number of H-pyrrole nitrogens is 1. The van der Waals surface area contributed by atoms with Gasteiger partial charge in [0.05, 0.1) is 27.4 Å². The van der Waals surface area contributed by atoms with E-state index in [0.29, 0.717) is 22.6 Å². The van der Waals surface area contributed by atoms with Gasteiger partial charge >= 0.3 is 0 Å². The van der Waals surface area contributed by atoms with Gasteiger partial charge in [-0.25, -0.2) is 4.98 Å². The standard InChI is InChI=1S/C23H17N5O3/c1-13-24-19-9-7-15(11-20(19)25-13)26-22(14-5-3-2-4-6-14)21-17-12-16(28(30)31)8-10-18(17)27-23(21)29/h2-12,21H,1H3,(H,24,25)(H,27,29). The summed E-state index contributed by atoms with van der Waals surface area (Å²) >= 11 is 0. The van der Waals surface area contributed by atoms with Gasteiger partial charge in [-0.15, -0.1) is 0 Å². The van der Waals surface area contributed by atoms with Crippen molar-refractivity contribution in [2.45, 2.75) is 12.8 Å². The number of carbonyl (C=O) groups is 1. The van der Waals surface area contributed by atoms with E-state index < -0.39 is 10.8 Å². The van der Waals surface area contributed by atoms with Crippen LogP contribution in [0.4, 0.5) is 17.1 Å². The van der Waals surface area contributed by atoms with Crippen molar-refractivity contribution >= 4 is 39.7 Å². The van der Waals surface area contributed by atoms with Crippen LogP contribution in [-0.2, 0) is 4.79 Å². The molecule has 4 aromatic rings. The molecule has 2 heterocycles. The molecule has 8 heteroatoms. The molecule has 0 fully saturated rings. The molecule has 0 saturated carbocycles. The van der Waals surface area contributed by atoms with Crippen LogP contribution in [0.1, 0.15) is 22.9 Å². The van der Waals surface area contributed by atoms with Gasteiger partial charge in [0.25, 0.3) is 5.69 Å². The number of aryl methyl sites for hydroxylation is 1. The Hall–Kier alpha value is -4.33. The maximum Gasteiger partial charge on any atom is 0.269 e. The highest BCUT2D eigenvalue weighted by Crippen LogP contribution is 2.38. The van der Waals surface area contributed by atoms with Crippen molar-refractivity contribution in [1.29, 1.82) is 0 Å². The van der Waals surface area contributed by atoms with Gasteiger partial charge < -0.3 is 10.3 Å². The van der Waals surface area contributed by atoms with E-state index in [-0.39, 0.29) is 11.6 Å². The van der Waals surface area contributed by atoms with Crippen LogP contribution in [0, 0.1) is 17.0 Å². The summed E-state index contributed by atoms with van der Waals surface area (Å²) in [5.74, 6) is -0.233. The zero-order valence-electron chi connectivity index (χ0n) is 16.5. The number of nitrogens with one attached hydrogen (secondary N) is 2. The molecule has 152 valence electrons. The first-order valence-corrected chi connectivity index (χ1v) is 9.69. The van der Waals surface area contributed by atoms with Crippen LogP contribution < -0.4 is 5.32 Å². The highest BCUT2D eigenvalue weighted by Gasteiger charge is 2.36. The van der Waals surface area contributed by atoms with Crippen LogP contribution in [0.25, 0.3) is 11.0 Å². The second kappa shape index (κ2) is 7.17. The minimum absolute atomic E-state index is 0.0676. The molecular formula is C23H17N5O3. The number of anilines is 1. The van der Waals surface area contributed by atoms with Crippen molar-refractivity contribution in [3.63, 3.8) is 0 Å². The Morgan fingerprint density at radius 3 is 2.68 bits per heavy atom. The Bertz CT molecular complexity index is 1370. The van der Waals surface area contributed by atoms with Gasteiger partial charge in [-0.3, -0.25) is 19.9 Å². The van der Waals surface area contributed by atoms with E-state index in [9.17, 15) is 14.9 Å². The number of nitro benzene ring substituents is 1. The minimum atomic E-state index is -0.767. The summed E-state index contributed by atoms with van der Waals surface area (Å²) in [5.41, 5.74) is 4.65. The lowest BCUT2D eigenvalue weighted by atomic mass is 9.90. The molecule has 1 amide bonds. The monoisotopic (exact) mass is 411 g/mol. The number of aromatic amines is 1. The van der Waals surface area contributed by atoms with Crippen molar-refractivity contribution in [3.05, 3.63) is 93.8 Å². The van der Waals surface area contributed by atoms with E-state index in [4.69, 9.17) is 4.99 Å². The molecule has 0 aliphatic carbocycles. The number of carbonyl (C=O) groups excluding carboxylic acids is 1. The number of benzene rings is 3. The molecule has 8 nitrogen and oxygen atoms in total. The summed E-state index contributed by atoms with van der Waals surface area (Å²) in [5, 5.41) is 14.1. The Morgan fingerprint density at radius 2 is 1.90 bits per heavy atom. The van der Waals surface area contributed by atoms with Gasteiger partial charge in [0.2, 0.25) is 5.91 Å². The molecule has 31 heavy (non-hydrogen) atoms. The fourth-order valence-corrected chi connectivity index (χ4v) is 3.87. The molecule has 5 rings (SSSR count). The third-order valence-electron chi connectivity index (χ3n) is 5.25. The summed E-state index contributed by atoms with van der Waals surface area (Å²) in [6.07, 6.45) is 0. The van der Waals surface area contributed by atoms with E-state index in [1.165, 1.54) is 12.1 Å². The zero-order chi connectivity index (χ0) is 21.5. The predicted octanol–water partition coefficient (Wildman–Crippen LogP) is 4.64. The van der Waals surface area contributed by atoms with Crippen LogP contribution in [0.2, 0.25) is 0 Å². The lowest BCUT2D eigenvalue weighted by Gasteiger charge is -2.14. The lowest BCUT2D eigenvalue weighted by Crippen LogP contribution is -2.22. The number of nitro groups is 1. The lowest BCUT2D eigenvalue weighted by molar-refractivity contribution is -0.384. The third kappa shape index (κ3) is 3.33. The number of hydrogen-bond donors (Lipinski definition) is 2. The maximum atomic E-state index is 13.0. The Morgan fingerprint density at radius 1 is 1.10 bits per heavy atom. The number of aromatic nitrogens is 2. The van der Waals surface area contributed by atoms with Gasteiger partial charge in [-0.1, -0.05) is 30.3 Å². The number of aliphatic imine (C=N–C) groups is 1. The van der Waals surface area contributed by atoms with Crippen molar-refractivity contribution < 1.29 is 9.72 Å². The normalized spacial score (nSPS) is 15.7. The average Bonchev–Trinajstić information content (AvgIpc) is 3.29. The molecule has 0 spiro atoms. The smallest absolute Gasteiger partial charge is 0.269 e. The number of hydrogen-bond acceptors (Lipinski definition) is 5. The number of rotatable bonds is 4. The second-order valence-corrected chi connectivity index (χ2v) is 7.34. The molecule has 3 aromatic carbocycles. The third-order valence-corrected chi connectivity index (χ3v) is 5.25. The van der Waals surface area contributed by atoms with Crippen molar-refractivity contribution in [3.8, 4) is 0 Å². The van der Waals surface area contributed by atoms with E-state index in [2.05, 4.69) is 15.3 Å². The van der Waals surface area contributed by atoms with Crippen LogP contribution in [0.15, 0.2) is 71.7 Å². The Labute approximate surface area is 176 Å². The number of nitrogens with zero attached hydrogens (tertiary/aromatic N) is 3. The van der Waals surface area contributed by atoms with Crippen LogP contribution in [0.3, 0.4) is 0 Å². The van der Waals surface area contributed by atoms with E-state index >= 15 is 0 Å². The first-order valence-electron chi connectivity index (χ1n) is 9.69. The number of fused-ring (bicyclic) bond motifs is 2. The number of non-ortho nitro benzene ring substituents is 1. The highest BCUT2D eigenvalue weighted by molar-refractivity contribution is 6.24. The van der Waals surface area contributed by atoms with E-state index in [1.54, 1.807) is 6.07 Å². The fourth-order valence-electron chi connectivity index (χ4n) is 3.87. The summed E-state index contributed by atoms with van der Waals surface area (Å²) in [6, 6.07) is 19.3. The number of imidazole rings is 1. The Balaban J connectivity index is 1.69. The summed E-state index contributed by atoms with van der Waals surface area (Å²) < 4.78 is 0.